The number of carbonyl (C=O) groups excluding carboxylic acids is 1. The zero-order valence-electron chi connectivity index (χ0n) is 18.8. The van der Waals surface area contributed by atoms with Gasteiger partial charge in [-0.2, -0.15) is 39.5 Å². The van der Waals surface area contributed by atoms with E-state index in [0.717, 1.165) is 17.3 Å². The molecule has 1 amide bonds. The Balaban J connectivity index is 1.63. The predicted octanol–water partition coefficient (Wildman–Crippen LogP) is 3.92. The molecule has 0 aliphatic carbocycles. The lowest BCUT2D eigenvalue weighted by Gasteiger charge is -2.33. The number of rotatable bonds is 4. The van der Waals surface area contributed by atoms with E-state index < -0.39 is 72.1 Å². The van der Waals surface area contributed by atoms with Gasteiger partial charge in [0.1, 0.15) is 23.1 Å². The first kappa shape index (κ1) is 27.8. The van der Waals surface area contributed by atoms with E-state index in [1.807, 2.05) is 0 Å². The largest absolute Gasteiger partial charge is 0.416 e. The van der Waals surface area contributed by atoms with Crippen molar-refractivity contribution in [2.45, 2.75) is 36.4 Å². The third-order valence-corrected chi connectivity index (χ3v) is 6.53. The number of hydroxylamine groups is 1. The average molecular weight is 573 g/mol. The minimum atomic E-state index is -5.31. The Hall–Kier alpha value is -3.21. The van der Waals surface area contributed by atoms with Gasteiger partial charge in [-0.1, -0.05) is 12.2 Å². The fraction of sp³-hybridized carbons (Fsp3) is 0.429. The van der Waals surface area contributed by atoms with Crippen molar-refractivity contribution in [3.8, 4) is 0 Å². The molecule has 38 heavy (non-hydrogen) atoms. The van der Waals surface area contributed by atoms with Crippen molar-refractivity contribution in [2.24, 2.45) is 0 Å². The summed E-state index contributed by atoms with van der Waals surface area (Å²) in [6.07, 6.45) is -14.3. The van der Waals surface area contributed by atoms with Gasteiger partial charge in [0, 0.05) is 31.0 Å². The normalized spacial score (nSPS) is 22.5. The van der Waals surface area contributed by atoms with Crippen molar-refractivity contribution in [3.63, 3.8) is 0 Å². The van der Waals surface area contributed by atoms with Gasteiger partial charge < -0.3 is 10.2 Å². The Morgan fingerprint density at radius 3 is 2.08 bits per heavy atom. The summed E-state index contributed by atoms with van der Waals surface area (Å²) in [6.45, 7) is -1.44. The van der Waals surface area contributed by atoms with Crippen LogP contribution in [0.25, 0.3) is 0 Å². The van der Waals surface area contributed by atoms with Crippen molar-refractivity contribution >= 4 is 29.1 Å². The van der Waals surface area contributed by atoms with Crippen molar-refractivity contribution in [1.82, 2.24) is 20.8 Å². The zero-order valence-corrected chi connectivity index (χ0v) is 19.6. The third kappa shape index (κ3) is 5.34. The molecule has 17 heteroatoms. The molecule has 0 spiro atoms. The Labute approximate surface area is 213 Å². The highest BCUT2D eigenvalue weighted by molar-refractivity contribution is 7.80. The molecule has 2 unspecified atom stereocenters. The minimum Gasteiger partial charge on any atom is -0.362 e. The summed E-state index contributed by atoms with van der Waals surface area (Å²) in [7, 11) is 0. The molecule has 3 heterocycles. The molecule has 2 fully saturated rings. The van der Waals surface area contributed by atoms with Crippen molar-refractivity contribution in [1.29, 1.82) is 0 Å². The number of anilines is 1. The van der Waals surface area contributed by atoms with Crippen LogP contribution in [0.3, 0.4) is 0 Å². The molecule has 1 aromatic heterocycles. The lowest BCUT2D eigenvalue weighted by Crippen LogP contribution is -2.45. The van der Waals surface area contributed by atoms with E-state index >= 15 is 0 Å². The molecule has 2 aliphatic rings. The number of aromatic nitrogens is 2. The summed E-state index contributed by atoms with van der Waals surface area (Å²) >= 11 is 5.15. The molecule has 2 N–H and O–H groups in total. The van der Waals surface area contributed by atoms with Crippen LogP contribution < -0.4 is 15.7 Å². The predicted molar refractivity (Wildman–Crippen MR) is 116 cm³/mol. The highest BCUT2D eigenvalue weighted by Crippen LogP contribution is 2.50. The maximum atomic E-state index is 14.3. The fourth-order valence-corrected chi connectivity index (χ4v) is 4.38. The molecule has 2 aromatic rings. The molecular weight excluding hydrogens is 557 g/mol. The summed E-state index contributed by atoms with van der Waals surface area (Å²) in [5.41, 5.74) is -5.57. The highest BCUT2D eigenvalue weighted by Gasteiger charge is 2.60. The SMILES string of the molecule is O=C1NOCC1NC(=S)c1cnc(N2CCC(c3cc(C(F)(F)F)cc(C(F)(F)F)c3)(C(F)(F)F)C2)nc1. The number of carbonyl (C=O) groups is 1. The van der Waals surface area contributed by atoms with E-state index in [1.54, 1.807) is 0 Å². The van der Waals surface area contributed by atoms with Gasteiger partial charge in [0.2, 0.25) is 5.95 Å². The first-order valence-corrected chi connectivity index (χ1v) is 11.1. The van der Waals surface area contributed by atoms with Gasteiger partial charge in [-0.15, -0.1) is 0 Å². The van der Waals surface area contributed by atoms with E-state index in [9.17, 15) is 44.3 Å². The Bertz CT molecular complexity index is 1200. The second-order valence-corrected chi connectivity index (χ2v) is 9.03. The monoisotopic (exact) mass is 573 g/mol. The third-order valence-electron chi connectivity index (χ3n) is 6.18. The molecular formula is C21H16F9N5O2S. The van der Waals surface area contributed by atoms with Gasteiger partial charge in [-0.05, 0) is 30.2 Å². The molecule has 7 nitrogen and oxygen atoms in total. The highest BCUT2D eigenvalue weighted by atomic mass is 32.1. The van der Waals surface area contributed by atoms with E-state index in [2.05, 4.69) is 20.8 Å². The summed E-state index contributed by atoms with van der Waals surface area (Å²) in [6, 6.07) is -0.811. The molecule has 2 aliphatic heterocycles. The second kappa shape index (κ2) is 9.52. The number of amides is 1. The summed E-state index contributed by atoms with van der Waals surface area (Å²) < 4.78 is 123. The number of hydrogen-bond acceptors (Lipinski definition) is 6. The summed E-state index contributed by atoms with van der Waals surface area (Å²) in [5.74, 6) is -0.721. The number of thiocarbonyl (C=S) groups is 1. The number of alkyl halides is 9. The van der Waals surface area contributed by atoms with Gasteiger partial charge in [-0.25, -0.2) is 15.4 Å². The fourth-order valence-electron chi connectivity index (χ4n) is 4.14. The van der Waals surface area contributed by atoms with Gasteiger partial charge in [0.15, 0.2) is 0 Å². The summed E-state index contributed by atoms with van der Waals surface area (Å²) in [4.78, 5) is 25.3. The maximum absolute atomic E-state index is 14.3. The lowest BCUT2D eigenvalue weighted by molar-refractivity contribution is -0.185. The number of benzene rings is 1. The number of nitrogens with zero attached hydrogens (tertiary/aromatic N) is 3. The smallest absolute Gasteiger partial charge is 0.362 e. The minimum absolute atomic E-state index is 0.0171. The van der Waals surface area contributed by atoms with Crippen molar-refractivity contribution in [2.75, 3.05) is 24.6 Å². The van der Waals surface area contributed by atoms with Gasteiger partial charge in [0.05, 0.1) is 11.1 Å². The van der Waals surface area contributed by atoms with Crippen LogP contribution in [0.5, 0.6) is 0 Å². The van der Waals surface area contributed by atoms with E-state index in [1.165, 1.54) is 0 Å². The van der Waals surface area contributed by atoms with Crippen LogP contribution in [-0.2, 0) is 27.4 Å². The number of hydrogen-bond donors (Lipinski definition) is 2. The van der Waals surface area contributed by atoms with Crippen LogP contribution >= 0.6 is 12.2 Å². The second-order valence-electron chi connectivity index (χ2n) is 8.62. The standard InChI is InChI=1S/C21H16F9N5O2S/c22-19(23,24)12-3-11(4-13(5-12)20(25,26)27)18(21(28,29)30)1-2-35(9-18)17-31-6-10(7-32-17)16(38)33-14-8-37-34-15(14)36/h3-7,14H,1-2,8-9H2,(H,33,38)(H,34,36). The first-order valence-electron chi connectivity index (χ1n) is 10.7. The molecule has 1 aromatic carbocycles. The number of nitrogens with one attached hydrogen (secondary N) is 2. The van der Waals surface area contributed by atoms with Gasteiger partial charge in [0.25, 0.3) is 5.91 Å². The average Bonchev–Trinajstić information content (AvgIpc) is 3.45. The van der Waals surface area contributed by atoms with E-state index in [0.29, 0.717) is 0 Å². The molecule has 4 rings (SSSR count). The quantitative estimate of drug-likeness (QED) is 0.424. The van der Waals surface area contributed by atoms with Crippen LogP contribution in [0.2, 0.25) is 0 Å². The summed E-state index contributed by atoms with van der Waals surface area (Å²) in [5, 5.41) is 2.69. The van der Waals surface area contributed by atoms with Crippen molar-refractivity contribution in [3.05, 3.63) is 52.8 Å². The zero-order chi connectivity index (χ0) is 28.1. The molecule has 2 saturated heterocycles. The maximum Gasteiger partial charge on any atom is 0.416 e. The Morgan fingerprint density at radius 1 is 1.03 bits per heavy atom. The van der Waals surface area contributed by atoms with Gasteiger partial charge in [-0.3, -0.25) is 9.63 Å². The van der Waals surface area contributed by atoms with Crippen LogP contribution in [0, 0.1) is 0 Å². The van der Waals surface area contributed by atoms with Crippen LogP contribution in [-0.4, -0.2) is 52.8 Å². The molecule has 0 radical (unpaired) electrons. The Morgan fingerprint density at radius 2 is 1.61 bits per heavy atom. The molecule has 0 saturated carbocycles. The first-order chi connectivity index (χ1) is 17.5. The molecule has 206 valence electrons. The lowest BCUT2D eigenvalue weighted by atomic mass is 9.77. The van der Waals surface area contributed by atoms with Crippen LogP contribution in [0.15, 0.2) is 30.6 Å². The molecule has 0 bridgehead atoms. The number of halogens is 9. The van der Waals surface area contributed by atoms with E-state index in [-0.39, 0.29) is 41.3 Å². The van der Waals surface area contributed by atoms with Crippen LogP contribution in [0.1, 0.15) is 28.7 Å². The molecule has 2 atom stereocenters. The topological polar surface area (TPSA) is 79.4 Å². The van der Waals surface area contributed by atoms with Crippen molar-refractivity contribution < 1.29 is 49.1 Å². The Kier molecular flexibility index (Phi) is 6.97. The van der Waals surface area contributed by atoms with E-state index in [4.69, 9.17) is 17.1 Å². The van der Waals surface area contributed by atoms with Gasteiger partial charge >= 0.3 is 18.5 Å². The van der Waals surface area contributed by atoms with Crippen LogP contribution in [0.4, 0.5) is 45.5 Å².